The quantitative estimate of drug-likeness (QED) is 0.808. The first-order valence-electron chi connectivity index (χ1n) is 7.86. The van der Waals surface area contributed by atoms with Crippen molar-refractivity contribution in [2.24, 2.45) is 0 Å². The van der Waals surface area contributed by atoms with Crippen LogP contribution in [0.5, 0.6) is 0 Å². The van der Waals surface area contributed by atoms with Gasteiger partial charge >= 0.3 is 0 Å². The highest BCUT2D eigenvalue weighted by Crippen LogP contribution is 2.27. The maximum atomic E-state index is 3.76. The molecule has 3 heteroatoms. The minimum absolute atomic E-state index is 0.745. The van der Waals surface area contributed by atoms with Gasteiger partial charge in [0.05, 0.1) is 0 Å². The average Bonchev–Trinajstić information content (AvgIpc) is 2.84. The van der Waals surface area contributed by atoms with Crippen molar-refractivity contribution in [3.63, 3.8) is 0 Å². The van der Waals surface area contributed by atoms with Gasteiger partial charge < -0.3 is 10.2 Å². The molecule has 0 bridgehead atoms. The van der Waals surface area contributed by atoms with Gasteiger partial charge in [0.2, 0.25) is 0 Å². The third kappa shape index (κ3) is 3.46. The van der Waals surface area contributed by atoms with Gasteiger partial charge in [0.1, 0.15) is 0 Å². The summed E-state index contributed by atoms with van der Waals surface area (Å²) in [6, 6.07) is 2.34. The Hall–Kier alpha value is -0.120. The molecule has 2 rings (SSSR count). The zero-order chi connectivity index (χ0) is 13.0. The molecule has 1 aliphatic carbocycles. The Balaban J connectivity index is 1.85. The molecule has 0 amide bonds. The van der Waals surface area contributed by atoms with Crippen molar-refractivity contribution >= 4 is 0 Å². The number of rotatable bonds is 5. The molecule has 2 unspecified atom stereocenters. The van der Waals surface area contributed by atoms with Crippen LogP contribution < -0.4 is 5.32 Å². The van der Waals surface area contributed by atoms with E-state index in [1.807, 2.05) is 0 Å². The van der Waals surface area contributed by atoms with Crippen molar-refractivity contribution in [3.8, 4) is 0 Å². The van der Waals surface area contributed by atoms with Crippen LogP contribution in [0, 0.1) is 0 Å². The molecule has 3 nitrogen and oxygen atoms in total. The summed E-state index contributed by atoms with van der Waals surface area (Å²) < 4.78 is 0. The van der Waals surface area contributed by atoms with E-state index in [1.54, 1.807) is 0 Å². The lowest BCUT2D eigenvalue weighted by molar-refractivity contribution is 0.0966. The second-order valence-corrected chi connectivity index (χ2v) is 6.26. The van der Waals surface area contributed by atoms with Crippen LogP contribution in [0.25, 0.3) is 0 Å². The third-order valence-corrected chi connectivity index (χ3v) is 4.92. The minimum atomic E-state index is 0.745. The van der Waals surface area contributed by atoms with Gasteiger partial charge in [-0.25, -0.2) is 0 Å². The number of likely N-dealkylation sites (tertiary alicyclic amines) is 1. The van der Waals surface area contributed by atoms with Crippen LogP contribution in [-0.2, 0) is 0 Å². The van der Waals surface area contributed by atoms with Gasteiger partial charge in [-0.15, -0.1) is 0 Å². The lowest BCUT2D eigenvalue weighted by Gasteiger charge is -2.40. The van der Waals surface area contributed by atoms with E-state index in [0.717, 1.165) is 18.1 Å². The lowest BCUT2D eigenvalue weighted by Crippen LogP contribution is -2.52. The molecule has 0 aromatic carbocycles. The van der Waals surface area contributed by atoms with Crippen LogP contribution in [0.1, 0.15) is 45.4 Å². The number of piperidine rings is 1. The molecule has 0 aromatic rings. The molecule has 0 aromatic heterocycles. The Morgan fingerprint density at radius 2 is 1.89 bits per heavy atom. The lowest BCUT2D eigenvalue weighted by atomic mass is 10.0. The van der Waals surface area contributed by atoms with Crippen molar-refractivity contribution in [2.45, 2.75) is 63.6 Å². The van der Waals surface area contributed by atoms with Crippen LogP contribution in [0.2, 0.25) is 0 Å². The molecule has 2 aliphatic rings. The van der Waals surface area contributed by atoms with Crippen molar-refractivity contribution in [3.05, 3.63) is 0 Å². The molecular formula is C15H31N3. The molecule has 1 N–H and O–H groups in total. The van der Waals surface area contributed by atoms with E-state index in [0.29, 0.717) is 0 Å². The molecule has 106 valence electrons. The SMILES string of the molecule is CCCNC1CCCC1N(C)C1CCN(C)CC1. The van der Waals surface area contributed by atoms with Gasteiger partial charge in [0, 0.05) is 18.1 Å². The monoisotopic (exact) mass is 253 g/mol. The molecule has 1 saturated carbocycles. The number of nitrogens with one attached hydrogen (secondary N) is 1. The highest BCUT2D eigenvalue weighted by atomic mass is 15.2. The van der Waals surface area contributed by atoms with Gasteiger partial charge in [-0.3, -0.25) is 4.90 Å². The molecule has 1 aliphatic heterocycles. The second-order valence-electron chi connectivity index (χ2n) is 6.26. The summed E-state index contributed by atoms with van der Waals surface area (Å²) in [6.45, 7) is 5.99. The van der Waals surface area contributed by atoms with Gasteiger partial charge in [-0.1, -0.05) is 13.3 Å². The fourth-order valence-corrected chi connectivity index (χ4v) is 3.67. The normalized spacial score (nSPS) is 31.3. The van der Waals surface area contributed by atoms with E-state index in [2.05, 4.69) is 36.1 Å². The number of hydrogen-bond acceptors (Lipinski definition) is 3. The van der Waals surface area contributed by atoms with Gasteiger partial charge in [-0.05, 0) is 65.8 Å². The molecule has 0 radical (unpaired) electrons. The maximum Gasteiger partial charge on any atom is 0.0249 e. The number of likely N-dealkylation sites (N-methyl/N-ethyl adjacent to an activating group) is 1. The summed E-state index contributed by atoms with van der Waals surface area (Å²) in [5.74, 6) is 0. The van der Waals surface area contributed by atoms with Crippen LogP contribution >= 0.6 is 0 Å². The Bertz CT molecular complexity index is 236. The predicted octanol–water partition coefficient (Wildman–Crippen LogP) is 1.93. The summed E-state index contributed by atoms with van der Waals surface area (Å²) in [4.78, 5) is 5.17. The van der Waals surface area contributed by atoms with Crippen molar-refractivity contribution < 1.29 is 0 Å². The number of nitrogens with zero attached hydrogens (tertiary/aromatic N) is 2. The first kappa shape index (κ1) is 14.3. The highest BCUT2D eigenvalue weighted by Gasteiger charge is 2.33. The summed E-state index contributed by atoms with van der Waals surface area (Å²) in [5, 5.41) is 3.76. The Kier molecular flexibility index (Phi) is 5.46. The van der Waals surface area contributed by atoms with E-state index < -0.39 is 0 Å². The van der Waals surface area contributed by atoms with Crippen molar-refractivity contribution in [1.29, 1.82) is 0 Å². The first-order chi connectivity index (χ1) is 8.72. The molecule has 1 saturated heterocycles. The molecule has 2 fully saturated rings. The average molecular weight is 253 g/mol. The number of hydrogen-bond donors (Lipinski definition) is 1. The summed E-state index contributed by atoms with van der Waals surface area (Å²) in [7, 11) is 4.62. The fraction of sp³-hybridized carbons (Fsp3) is 1.00. The first-order valence-corrected chi connectivity index (χ1v) is 7.86. The Labute approximate surface area is 113 Å². The summed E-state index contributed by atoms with van der Waals surface area (Å²) in [5.41, 5.74) is 0. The van der Waals surface area contributed by atoms with E-state index >= 15 is 0 Å². The highest BCUT2D eigenvalue weighted by molar-refractivity contribution is 4.92. The van der Waals surface area contributed by atoms with Crippen LogP contribution in [-0.4, -0.2) is 61.7 Å². The van der Waals surface area contributed by atoms with E-state index in [-0.39, 0.29) is 0 Å². The molecular weight excluding hydrogens is 222 g/mol. The maximum absolute atomic E-state index is 3.76. The van der Waals surface area contributed by atoms with Crippen molar-refractivity contribution in [2.75, 3.05) is 33.7 Å². The van der Waals surface area contributed by atoms with E-state index in [4.69, 9.17) is 0 Å². The molecule has 2 atom stereocenters. The fourth-order valence-electron chi connectivity index (χ4n) is 3.67. The Morgan fingerprint density at radius 3 is 2.56 bits per heavy atom. The van der Waals surface area contributed by atoms with Crippen molar-refractivity contribution in [1.82, 2.24) is 15.1 Å². The zero-order valence-corrected chi connectivity index (χ0v) is 12.5. The summed E-state index contributed by atoms with van der Waals surface area (Å²) in [6.07, 6.45) is 8.13. The second kappa shape index (κ2) is 6.88. The van der Waals surface area contributed by atoms with Gasteiger partial charge in [0.25, 0.3) is 0 Å². The third-order valence-electron chi connectivity index (χ3n) is 4.92. The van der Waals surface area contributed by atoms with Crippen LogP contribution in [0.3, 0.4) is 0 Å². The van der Waals surface area contributed by atoms with E-state index in [1.165, 1.54) is 58.2 Å². The van der Waals surface area contributed by atoms with Gasteiger partial charge in [0.15, 0.2) is 0 Å². The zero-order valence-electron chi connectivity index (χ0n) is 12.5. The van der Waals surface area contributed by atoms with Crippen LogP contribution in [0.15, 0.2) is 0 Å². The van der Waals surface area contributed by atoms with Gasteiger partial charge in [-0.2, -0.15) is 0 Å². The van der Waals surface area contributed by atoms with E-state index in [9.17, 15) is 0 Å². The smallest absolute Gasteiger partial charge is 0.0249 e. The Morgan fingerprint density at radius 1 is 1.17 bits per heavy atom. The summed E-state index contributed by atoms with van der Waals surface area (Å²) >= 11 is 0. The molecule has 18 heavy (non-hydrogen) atoms. The topological polar surface area (TPSA) is 18.5 Å². The largest absolute Gasteiger partial charge is 0.312 e. The molecule has 1 heterocycles. The minimum Gasteiger partial charge on any atom is -0.312 e. The molecule has 0 spiro atoms. The predicted molar refractivity (Wildman–Crippen MR) is 78.0 cm³/mol. The standard InChI is InChI=1S/C15H31N3/c1-4-10-16-14-6-5-7-15(14)18(3)13-8-11-17(2)12-9-13/h13-16H,4-12H2,1-3H3. The van der Waals surface area contributed by atoms with Crippen LogP contribution in [0.4, 0.5) is 0 Å².